The van der Waals surface area contributed by atoms with Gasteiger partial charge in [-0.3, -0.25) is 9.69 Å². The molecule has 1 amide bonds. The van der Waals surface area contributed by atoms with E-state index in [0.717, 1.165) is 0 Å². The Hall–Kier alpha value is -2.68. The molecule has 2 atom stereocenters. The summed E-state index contributed by atoms with van der Waals surface area (Å²) >= 11 is 0. The monoisotopic (exact) mass is 363 g/mol. The molecule has 1 aromatic carbocycles. The molecule has 2 aliphatic heterocycles. The van der Waals surface area contributed by atoms with Crippen molar-refractivity contribution >= 4 is 34.9 Å². The van der Waals surface area contributed by atoms with E-state index < -0.39 is 11.9 Å². The van der Waals surface area contributed by atoms with E-state index in [4.69, 9.17) is 14.0 Å². The Labute approximate surface area is 148 Å². The fourth-order valence-corrected chi connectivity index (χ4v) is 3.59. The summed E-state index contributed by atoms with van der Waals surface area (Å²) in [5.41, 5.74) is 0.251. The summed E-state index contributed by atoms with van der Waals surface area (Å²) in [6.07, 6.45) is -0.175. The van der Waals surface area contributed by atoms with Crippen LogP contribution in [-0.4, -0.2) is 56.0 Å². The number of halogens is 1. The van der Waals surface area contributed by atoms with Crippen molar-refractivity contribution in [2.24, 2.45) is 0 Å². The Kier molecular flexibility index (Phi) is 4.03. The highest BCUT2D eigenvalue weighted by molar-refractivity contribution is 6.03. The quantitative estimate of drug-likeness (QED) is 0.774. The molecule has 0 spiro atoms. The first kappa shape index (κ1) is 16.8. The Morgan fingerprint density at radius 1 is 1.31 bits per heavy atom. The SMILES string of the molecule is CC1CN(c2c(C=O)cc3c(N4CCOC4=O)noc3c2F)CC(C)O1. The maximum absolute atomic E-state index is 15.2. The van der Waals surface area contributed by atoms with E-state index in [1.807, 2.05) is 13.8 Å². The van der Waals surface area contributed by atoms with Crippen LogP contribution in [0.3, 0.4) is 0 Å². The fourth-order valence-electron chi connectivity index (χ4n) is 3.59. The van der Waals surface area contributed by atoms with Crippen LogP contribution in [0.15, 0.2) is 10.6 Å². The van der Waals surface area contributed by atoms with E-state index >= 15 is 4.39 Å². The number of hydrogen-bond acceptors (Lipinski definition) is 7. The van der Waals surface area contributed by atoms with Gasteiger partial charge in [0.2, 0.25) is 5.58 Å². The zero-order valence-electron chi connectivity index (χ0n) is 14.4. The summed E-state index contributed by atoms with van der Waals surface area (Å²) in [7, 11) is 0. The summed E-state index contributed by atoms with van der Waals surface area (Å²) in [6.45, 7) is 5.20. The van der Waals surface area contributed by atoms with Gasteiger partial charge < -0.3 is 18.9 Å². The molecule has 1 aromatic heterocycles. The smallest absolute Gasteiger partial charge is 0.415 e. The lowest BCUT2D eigenvalue weighted by Gasteiger charge is -2.37. The summed E-state index contributed by atoms with van der Waals surface area (Å²) in [6, 6.07) is 1.50. The second kappa shape index (κ2) is 6.24. The molecule has 0 bridgehead atoms. The number of nitrogens with zero attached hydrogens (tertiary/aromatic N) is 3. The fraction of sp³-hybridized carbons (Fsp3) is 0.471. The van der Waals surface area contributed by atoms with Crippen LogP contribution in [0, 0.1) is 5.82 Å². The molecule has 0 radical (unpaired) electrons. The first-order chi connectivity index (χ1) is 12.5. The molecular weight excluding hydrogens is 345 g/mol. The summed E-state index contributed by atoms with van der Waals surface area (Å²) in [5, 5.41) is 4.10. The molecule has 4 rings (SSSR count). The van der Waals surface area contributed by atoms with Gasteiger partial charge in [0.1, 0.15) is 6.61 Å². The van der Waals surface area contributed by atoms with Crippen LogP contribution in [0.25, 0.3) is 11.0 Å². The number of fused-ring (bicyclic) bond motifs is 1. The molecule has 2 aliphatic rings. The number of amides is 1. The predicted octanol–water partition coefficient (Wildman–Crippen LogP) is 2.35. The van der Waals surface area contributed by atoms with Crippen LogP contribution in [0.2, 0.25) is 0 Å². The number of hydrogen-bond donors (Lipinski definition) is 0. The van der Waals surface area contributed by atoms with E-state index in [2.05, 4.69) is 5.16 Å². The lowest BCUT2D eigenvalue weighted by Crippen LogP contribution is -2.46. The van der Waals surface area contributed by atoms with E-state index in [9.17, 15) is 9.59 Å². The highest BCUT2D eigenvalue weighted by Crippen LogP contribution is 2.37. The highest BCUT2D eigenvalue weighted by atomic mass is 19.1. The van der Waals surface area contributed by atoms with Gasteiger partial charge in [0, 0.05) is 18.7 Å². The summed E-state index contributed by atoms with van der Waals surface area (Å²) in [5.74, 6) is -0.517. The molecule has 138 valence electrons. The van der Waals surface area contributed by atoms with E-state index in [-0.39, 0.29) is 46.9 Å². The topological polar surface area (TPSA) is 85.1 Å². The first-order valence-electron chi connectivity index (χ1n) is 8.41. The molecule has 2 aromatic rings. The molecular formula is C17H18FN3O5. The standard InChI is InChI=1S/C17H18FN3O5/c1-9-6-20(7-10(2)25-9)14-11(8-22)5-12-15(13(14)18)26-19-16(12)21-3-4-24-17(21)23/h5,8-10H,3-4,6-7H2,1-2H3. The van der Waals surface area contributed by atoms with E-state index in [0.29, 0.717) is 25.9 Å². The van der Waals surface area contributed by atoms with E-state index in [1.54, 1.807) is 4.90 Å². The number of aromatic nitrogens is 1. The van der Waals surface area contributed by atoms with Gasteiger partial charge in [0.05, 0.1) is 29.8 Å². The minimum atomic E-state index is -0.669. The molecule has 0 N–H and O–H groups in total. The Balaban J connectivity index is 1.84. The Morgan fingerprint density at radius 2 is 2.04 bits per heavy atom. The minimum absolute atomic E-state index is 0.0907. The second-order valence-electron chi connectivity index (χ2n) is 6.56. The summed E-state index contributed by atoms with van der Waals surface area (Å²) in [4.78, 5) is 26.5. The van der Waals surface area contributed by atoms with Crippen LogP contribution >= 0.6 is 0 Å². The van der Waals surface area contributed by atoms with Crippen LogP contribution in [0.1, 0.15) is 24.2 Å². The number of benzene rings is 1. The number of carbonyl (C=O) groups excluding carboxylic acids is 2. The number of rotatable bonds is 3. The first-order valence-corrected chi connectivity index (χ1v) is 8.41. The van der Waals surface area contributed by atoms with Gasteiger partial charge >= 0.3 is 6.09 Å². The van der Waals surface area contributed by atoms with Gasteiger partial charge in [-0.2, -0.15) is 0 Å². The van der Waals surface area contributed by atoms with Gasteiger partial charge in [-0.15, -0.1) is 0 Å². The zero-order chi connectivity index (χ0) is 18.4. The van der Waals surface area contributed by atoms with Crippen LogP contribution in [0.5, 0.6) is 0 Å². The number of ether oxygens (including phenoxy) is 2. The normalized spacial score (nSPS) is 23.6. The van der Waals surface area contributed by atoms with Crippen molar-refractivity contribution in [3.63, 3.8) is 0 Å². The van der Waals surface area contributed by atoms with Gasteiger partial charge in [0.25, 0.3) is 0 Å². The molecule has 9 heteroatoms. The third-order valence-corrected chi connectivity index (χ3v) is 4.57. The molecule has 8 nitrogen and oxygen atoms in total. The van der Waals surface area contributed by atoms with Crippen molar-refractivity contribution in [3.05, 3.63) is 17.4 Å². The number of anilines is 2. The average Bonchev–Trinajstić information content (AvgIpc) is 3.19. The molecule has 2 saturated heterocycles. The minimum Gasteiger partial charge on any atom is -0.447 e. The number of cyclic esters (lactones) is 1. The van der Waals surface area contributed by atoms with Crippen molar-refractivity contribution in [2.45, 2.75) is 26.1 Å². The molecule has 3 heterocycles. The number of carbonyl (C=O) groups is 2. The second-order valence-corrected chi connectivity index (χ2v) is 6.56. The number of morpholine rings is 1. The number of aldehydes is 1. The molecule has 2 unspecified atom stereocenters. The van der Waals surface area contributed by atoms with Crippen molar-refractivity contribution in [2.75, 3.05) is 36.0 Å². The molecule has 26 heavy (non-hydrogen) atoms. The maximum atomic E-state index is 15.2. The third-order valence-electron chi connectivity index (χ3n) is 4.57. The van der Waals surface area contributed by atoms with Gasteiger partial charge in [0.15, 0.2) is 17.9 Å². The van der Waals surface area contributed by atoms with Crippen molar-refractivity contribution in [1.29, 1.82) is 0 Å². The molecule has 0 aliphatic carbocycles. The highest BCUT2D eigenvalue weighted by Gasteiger charge is 2.32. The average molecular weight is 363 g/mol. The Morgan fingerprint density at radius 3 is 2.65 bits per heavy atom. The molecule has 0 saturated carbocycles. The van der Waals surface area contributed by atoms with Crippen molar-refractivity contribution in [3.8, 4) is 0 Å². The van der Waals surface area contributed by atoms with Crippen molar-refractivity contribution in [1.82, 2.24) is 5.16 Å². The van der Waals surface area contributed by atoms with Crippen LogP contribution in [0.4, 0.5) is 20.7 Å². The third kappa shape index (κ3) is 2.59. The van der Waals surface area contributed by atoms with Gasteiger partial charge in [-0.05, 0) is 19.9 Å². The van der Waals surface area contributed by atoms with Crippen LogP contribution in [-0.2, 0) is 9.47 Å². The zero-order valence-corrected chi connectivity index (χ0v) is 14.4. The predicted molar refractivity (Wildman–Crippen MR) is 90.3 cm³/mol. The van der Waals surface area contributed by atoms with Crippen LogP contribution < -0.4 is 9.80 Å². The Bertz CT molecular complexity index is 873. The molecule has 2 fully saturated rings. The van der Waals surface area contributed by atoms with Gasteiger partial charge in [-0.1, -0.05) is 5.16 Å². The van der Waals surface area contributed by atoms with E-state index in [1.165, 1.54) is 11.0 Å². The van der Waals surface area contributed by atoms with Crippen molar-refractivity contribution < 1.29 is 28.0 Å². The summed E-state index contributed by atoms with van der Waals surface area (Å²) < 4.78 is 31.0. The maximum Gasteiger partial charge on any atom is 0.415 e. The van der Waals surface area contributed by atoms with Gasteiger partial charge in [-0.25, -0.2) is 9.18 Å². The lowest BCUT2D eigenvalue weighted by molar-refractivity contribution is -0.00543. The largest absolute Gasteiger partial charge is 0.447 e. The lowest BCUT2D eigenvalue weighted by atomic mass is 10.1.